The molecule has 7 heteroatoms. The van der Waals surface area contributed by atoms with Gasteiger partial charge in [0.25, 0.3) is 5.56 Å². The quantitative estimate of drug-likeness (QED) is 0.697. The molecular weight excluding hydrogens is 371 g/mol. The zero-order valence-electron chi connectivity index (χ0n) is 17.0. The zero-order valence-corrected chi connectivity index (χ0v) is 17.0. The maximum absolute atomic E-state index is 13.1. The molecule has 0 saturated heterocycles. The van der Waals surface area contributed by atoms with Gasteiger partial charge in [-0.15, -0.1) is 0 Å². The molecule has 2 aromatic carbocycles. The molecule has 29 heavy (non-hydrogen) atoms. The Labute approximate surface area is 169 Å². The zero-order chi connectivity index (χ0) is 21.1. The highest BCUT2D eigenvalue weighted by molar-refractivity contribution is 5.94. The van der Waals surface area contributed by atoms with Gasteiger partial charge in [0.1, 0.15) is 11.5 Å². The van der Waals surface area contributed by atoms with Gasteiger partial charge in [0, 0.05) is 13.6 Å². The third-order valence-electron chi connectivity index (χ3n) is 5.19. The number of hydrogen-bond acceptors (Lipinski definition) is 3. The summed E-state index contributed by atoms with van der Waals surface area (Å²) in [5.74, 6) is -0.572. The number of nitrogens with one attached hydrogen (secondary N) is 1. The standard InChI is InChI=1S/C22H25FN4O2/c1-15-20(22(29)27(26(15)4)19-8-6-5-7-9-19)24-21(28)16(2)25(3)14-17-10-12-18(23)13-11-17/h5-13,16H,14H2,1-4H3,(H,24,28)/t16-/m0/s1. The summed E-state index contributed by atoms with van der Waals surface area (Å²) in [7, 11) is 3.59. The summed E-state index contributed by atoms with van der Waals surface area (Å²) in [5, 5.41) is 2.79. The number of anilines is 1. The van der Waals surface area contributed by atoms with Gasteiger partial charge in [-0.1, -0.05) is 30.3 Å². The summed E-state index contributed by atoms with van der Waals surface area (Å²) in [4.78, 5) is 27.6. The first kappa shape index (κ1) is 20.5. The van der Waals surface area contributed by atoms with Crippen molar-refractivity contribution in [3.05, 3.63) is 82.0 Å². The highest BCUT2D eigenvalue weighted by Gasteiger charge is 2.23. The molecule has 1 heterocycles. The number of aromatic nitrogens is 2. The van der Waals surface area contributed by atoms with Gasteiger partial charge in [-0.05, 0) is 50.7 Å². The summed E-state index contributed by atoms with van der Waals surface area (Å²) in [6.45, 7) is 4.05. The van der Waals surface area contributed by atoms with E-state index < -0.39 is 6.04 Å². The molecule has 0 bridgehead atoms. The smallest absolute Gasteiger partial charge is 0.295 e. The lowest BCUT2D eigenvalue weighted by molar-refractivity contribution is -0.120. The Morgan fingerprint density at radius 3 is 2.38 bits per heavy atom. The second kappa shape index (κ2) is 8.45. The Morgan fingerprint density at radius 1 is 1.14 bits per heavy atom. The minimum absolute atomic E-state index is 0.267. The van der Waals surface area contributed by atoms with Crippen molar-refractivity contribution in [3.8, 4) is 5.69 Å². The molecular formula is C22H25FN4O2. The molecule has 3 aromatic rings. The number of hydrogen-bond donors (Lipinski definition) is 1. The molecule has 0 aliphatic rings. The van der Waals surface area contributed by atoms with Crippen molar-refractivity contribution in [1.29, 1.82) is 0 Å². The van der Waals surface area contributed by atoms with E-state index in [0.29, 0.717) is 12.2 Å². The monoisotopic (exact) mass is 396 g/mol. The van der Waals surface area contributed by atoms with Crippen LogP contribution in [0.3, 0.4) is 0 Å². The average molecular weight is 396 g/mol. The second-order valence-electron chi connectivity index (χ2n) is 7.14. The average Bonchev–Trinajstić information content (AvgIpc) is 2.92. The van der Waals surface area contributed by atoms with Gasteiger partial charge in [-0.2, -0.15) is 0 Å². The third kappa shape index (κ3) is 4.30. The molecule has 1 atom stereocenters. The number of nitrogens with zero attached hydrogens (tertiary/aromatic N) is 3. The second-order valence-corrected chi connectivity index (χ2v) is 7.14. The van der Waals surface area contributed by atoms with Crippen LogP contribution in [-0.4, -0.2) is 33.3 Å². The minimum atomic E-state index is -0.482. The number of likely N-dealkylation sites (N-methyl/N-ethyl adjacent to an activating group) is 1. The van der Waals surface area contributed by atoms with Gasteiger partial charge in [0.2, 0.25) is 5.91 Å². The molecule has 1 amide bonds. The van der Waals surface area contributed by atoms with Gasteiger partial charge in [0.05, 0.1) is 17.4 Å². The van der Waals surface area contributed by atoms with Crippen molar-refractivity contribution >= 4 is 11.6 Å². The molecule has 0 aliphatic heterocycles. The highest BCUT2D eigenvalue weighted by Crippen LogP contribution is 2.15. The summed E-state index contributed by atoms with van der Waals surface area (Å²) in [6.07, 6.45) is 0. The number of benzene rings is 2. The van der Waals surface area contributed by atoms with Crippen LogP contribution < -0.4 is 10.9 Å². The van der Waals surface area contributed by atoms with Crippen LogP contribution in [0.25, 0.3) is 5.69 Å². The summed E-state index contributed by atoms with van der Waals surface area (Å²) >= 11 is 0. The Morgan fingerprint density at radius 2 is 1.76 bits per heavy atom. The van der Waals surface area contributed by atoms with E-state index >= 15 is 0 Å². The number of para-hydroxylation sites is 1. The maximum atomic E-state index is 13.1. The Balaban J connectivity index is 1.78. The van der Waals surface area contributed by atoms with Gasteiger partial charge in [0.15, 0.2) is 0 Å². The van der Waals surface area contributed by atoms with Crippen molar-refractivity contribution in [3.63, 3.8) is 0 Å². The fourth-order valence-electron chi connectivity index (χ4n) is 3.15. The van der Waals surface area contributed by atoms with E-state index in [0.717, 1.165) is 11.3 Å². The number of carbonyl (C=O) groups excluding carboxylic acids is 1. The van der Waals surface area contributed by atoms with Crippen LogP contribution in [0.2, 0.25) is 0 Å². The largest absolute Gasteiger partial charge is 0.319 e. The lowest BCUT2D eigenvalue weighted by Gasteiger charge is -2.23. The van der Waals surface area contributed by atoms with Crippen molar-refractivity contribution < 1.29 is 9.18 Å². The van der Waals surface area contributed by atoms with Crippen molar-refractivity contribution in [2.45, 2.75) is 26.4 Å². The molecule has 0 saturated carbocycles. The molecule has 1 N–H and O–H groups in total. The topological polar surface area (TPSA) is 59.3 Å². The van der Waals surface area contributed by atoms with E-state index in [1.165, 1.54) is 16.8 Å². The lowest BCUT2D eigenvalue weighted by Crippen LogP contribution is -2.40. The molecule has 0 fully saturated rings. The van der Waals surface area contributed by atoms with Crippen LogP contribution >= 0.6 is 0 Å². The van der Waals surface area contributed by atoms with E-state index in [4.69, 9.17) is 0 Å². The van der Waals surface area contributed by atoms with E-state index in [-0.39, 0.29) is 23.0 Å². The molecule has 152 valence electrons. The minimum Gasteiger partial charge on any atom is -0.319 e. The summed E-state index contributed by atoms with van der Waals surface area (Å²) in [6, 6.07) is 15.0. The fourth-order valence-corrected chi connectivity index (χ4v) is 3.15. The predicted octanol–water partition coefficient (Wildman–Crippen LogP) is 3.08. The van der Waals surface area contributed by atoms with Crippen LogP contribution in [0.15, 0.2) is 59.4 Å². The number of carbonyl (C=O) groups is 1. The SMILES string of the molecule is Cc1c(NC(=O)[C@H](C)N(C)Cc2ccc(F)cc2)c(=O)n(-c2ccccc2)n1C. The molecule has 0 radical (unpaired) electrons. The molecule has 0 aliphatic carbocycles. The van der Waals surface area contributed by atoms with E-state index in [9.17, 15) is 14.0 Å². The predicted molar refractivity (Wildman–Crippen MR) is 112 cm³/mol. The van der Waals surface area contributed by atoms with Crippen molar-refractivity contribution in [1.82, 2.24) is 14.3 Å². The Bertz CT molecular complexity index is 1050. The van der Waals surface area contributed by atoms with E-state index in [1.54, 1.807) is 37.7 Å². The number of rotatable bonds is 6. The van der Waals surface area contributed by atoms with Crippen LogP contribution in [-0.2, 0) is 18.4 Å². The molecule has 0 unspecified atom stereocenters. The fraction of sp³-hybridized carbons (Fsp3) is 0.273. The molecule has 0 spiro atoms. The molecule has 6 nitrogen and oxygen atoms in total. The lowest BCUT2D eigenvalue weighted by atomic mass is 10.2. The van der Waals surface area contributed by atoms with Crippen molar-refractivity contribution in [2.24, 2.45) is 7.05 Å². The van der Waals surface area contributed by atoms with Crippen molar-refractivity contribution in [2.75, 3.05) is 12.4 Å². The third-order valence-corrected chi connectivity index (χ3v) is 5.19. The Hall–Kier alpha value is -3.19. The highest BCUT2D eigenvalue weighted by atomic mass is 19.1. The molecule has 1 aromatic heterocycles. The first-order valence-corrected chi connectivity index (χ1v) is 9.39. The van der Waals surface area contributed by atoms with Crippen LogP contribution in [0.5, 0.6) is 0 Å². The first-order valence-electron chi connectivity index (χ1n) is 9.39. The normalized spacial score (nSPS) is 12.2. The van der Waals surface area contributed by atoms with Crippen LogP contribution in [0.1, 0.15) is 18.2 Å². The molecule has 3 rings (SSSR count). The number of halogens is 1. The van der Waals surface area contributed by atoms with Gasteiger partial charge in [-0.25, -0.2) is 9.07 Å². The van der Waals surface area contributed by atoms with Gasteiger partial charge >= 0.3 is 0 Å². The summed E-state index contributed by atoms with van der Waals surface area (Å²) < 4.78 is 16.3. The number of amides is 1. The summed E-state index contributed by atoms with van der Waals surface area (Å²) in [5.41, 5.74) is 2.28. The van der Waals surface area contributed by atoms with Crippen LogP contribution in [0.4, 0.5) is 10.1 Å². The van der Waals surface area contributed by atoms with Gasteiger partial charge < -0.3 is 5.32 Å². The van der Waals surface area contributed by atoms with Crippen LogP contribution in [0, 0.1) is 12.7 Å². The van der Waals surface area contributed by atoms with E-state index in [2.05, 4.69) is 5.32 Å². The first-order chi connectivity index (χ1) is 13.8. The maximum Gasteiger partial charge on any atom is 0.295 e. The Kier molecular flexibility index (Phi) is 5.98. The van der Waals surface area contributed by atoms with Gasteiger partial charge in [-0.3, -0.25) is 19.2 Å². The van der Waals surface area contributed by atoms with E-state index in [1.807, 2.05) is 42.3 Å².